The SMILES string of the molecule is [C-]#[N+]c1ccc(/C(=C\n2ccnc2)c2ccccc2O)cc1. The van der Waals surface area contributed by atoms with Gasteiger partial charge in [0.1, 0.15) is 5.75 Å². The molecule has 1 heterocycles. The molecule has 4 heteroatoms. The Morgan fingerprint density at radius 3 is 2.55 bits per heavy atom. The Morgan fingerprint density at radius 2 is 1.91 bits per heavy atom. The molecular weight excluding hydrogens is 274 g/mol. The maximum atomic E-state index is 10.2. The summed E-state index contributed by atoms with van der Waals surface area (Å²) in [4.78, 5) is 7.43. The lowest BCUT2D eigenvalue weighted by Crippen LogP contribution is -1.92. The third kappa shape index (κ3) is 2.74. The molecule has 0 atom stereocenters. The fraction of sp³-hybridized carbons (Fsp3) is 0. The lowest BCUT2D eigenvalue weighted by Gasteiger charge is -2.11. The molecule has 0 fully saturated rings. The van der Waals surface area contributed by atoms with Gasteiger partial charge in [0.25, 0.3) is 0 Å². The predicted molar refractivity (Wildman–Crippen MR) is 86.3 cm³/mol. The summed E-state index contributed by atoms with van der Waals surface area (Å²) in [6.07, 6.45) is 7.11. The zero-order chi connectivity index (χ0) is 15.4. The van der Waals surface area contributed by atoms with Crippen LogP contribution in [0.3, 0.4) is 0 Å². The van der Waals surface area contributed by atoms with Crippen LogP contribution in [0.4, 0.5) is 5.69 Å². The van der Waals surface area contributed by atoms with E-state index in [-0.39, 0.29) is 5.75 Å². The van der Waals surface area contributed by atoms with E-state index in [1.807, 2.05) is 41.2 Å². The number of nitrogens with zero attached hydrogens (tertiary/aromatic N) is 3. The van der Waals surface area contributed by atoms with Gasteiger partial charge >= 0.3 is 0 Å². The van der Waals surface area contributed by atoms with E-state index in [0.717, 1.165) is 16.7 Å². The average Bonchev–Trinajstić information content (AvgIpc) is 3.07. The Bertz CT molecular complexity index is 841. The first-order chi connectivity index (χ1) is 10.8. The van der Waals surface area contributed by atoms with E-state index in [2.05, 4.69) is 9.83 Å². The van der Waals surface area contributed by atoms with Gasteiger partial charge in [0.2, 0.25) is 0 Å². The molecule has 1 N–H and O–H groups in total. The van der Waals surface area contributed by atoms with Crippen LogP contribution in [0.5, 0.6) is 5.75 Å². The Labute approximate surface area is 128 Å². The van der Waals surface area contributed by atoms with E-state index in [1.165, 1.54) is 0 Å². The zero-order valence-corrected chi connectivity index (χ0v) is 11.7. The second kappa shape index (κ2) is 5.98. The molecule has 3 rings (SSSR count). The van der Waals surface area contributed by atoms with E-state index in [9.17, 15) is 5.11 Å². The normalized spacial score (nSPS) is 11.1. The summed E-state index contributed by atoms with van der Waals surface area (Å²) in [6.45, 7) is 7.04. The molecule has 0 bridgehead atoms. The molecule has 0 unspecified atom stereocenters. The molecule has 0 aliphatic carbocycles. The molecule has 0 spiro atoms. The van der Waals surface area contributed by atoms with Crippen molar-refractivity contribution in [2.45, 2.75) is 0 Å². The lowest BCUT2D eigenvalue weighted by molar-refractivity contribution is 0.473. The second-order valence-corrected chi connectivity index (χ2v) is 4.73. The number of imidazole rings is 1. The fourth-order valence-corrected chi connectivity index (χ4v) is 2.21. The first-order valence-electron chi connectivity index (χ1n) is 6.73. The van der Waals surface area contributed by atoms with Crippen LogP contribution in [-0.4, -0.2) is 14.7 Å². The monoisotopic (exact) mass is 287 g/mol. The lowest BCUT2D eigenvalue weighted by atomic mass is 9.98. The van der Waals surface area contributed by atoms with E-state index in [0.29, 0.717) is 5.69 Å². The Balaban J connectivity index is 2.15. The Morgan fingerprint density at radius 1 is 1.14 bits per heavy atom. The van der Waals surface area contributed by atoms with Crippen molar-refractivity contribution in [1.29, 1.82) is 0 Å². The minimum absolute atomic E-state index is 0.211. The second-order valence-electron chi connectivity index (χ2n) is 4.73. The summed E-state index contributed by atoms with van der Waals surface area (Å²) < 4.78 is 1.82. The zero-order valence-electron chi connectivity index (χ0n) is 11.7. The summed E-state index contributed by atoms with van der Waals surface area (Å²) in [6, 6.07) is 14.5. The van der Waals surface area contributed by atoms with E-state index in [4.69, 9.17) is 6.57 Å². The van der Waals surface area contributed by atoms with Crippen molar-refractivity contribution in [2.24, 2.45) is 0 Å². The number of phenolic OH excluding ortho intramolecular Hbond substituents is 1. The fourth-order valence-electron chi connectivity index (χ4n) is 2.21. The molecule has 2 aromatic carbocycles. The van der Waals surface area contributed by atoms with Crippen molar-refractivity contribution in [3.05, 3.63) is 89.8 Å². The first-order valence-corrected chi connectivity index (χ1v) is 6.73. The maximum Gasteiger partial charge on any atom is 0.187 e. The van der Waals surface area contributed by atoms with E-state index < -0.39 is 0 Å². The number of hydrogen-bond donors (Lipinski definition) is 1. The van der Waals surface area contributed by atoms with Crippen molar-refractivity contribution in [1.82, 2.24) is 9.55 Å². The van der Waals surface area contributed by atoms with Crippen LogP contribution in [-0.2, 0) is 0 Å². The van der Waals surface area contributed by atoms with Crippen LogP contribution in [0.2, 0.25) is 0 Å². The van der Waals surface area contributed by atoms with Gasteiger partial charge in [-0.1, -0.05) is 42.5 Å². The minimum Gasteiger partial charge on any atom is -0.507 e. The Kier molecular flexibility index (Phi) is 3.71. The van der Waals surface area contributed by atoms with Crippen LogP contribution in [0.15, 0.2) is 67.3 Å². The highest BCUT2D eigenvalue weighted by atomic mass is 16.3. The summed E-state index contributed by atoms with van der Waals surface area (Å²) in [5.41, 5.74) is 3.09. The molecule has 0 saturated heterocycles. The standard InChI is InChI=1S/C18H13N3O/c1-19-15-8-6-14(7-9-15)17(12-21-11-10-20-13-21)16-4-2-3-5-18(16)22/h2-13,22H/b17-12+. The van der Waals surface area contributed by atoms with Crippen molar-refractivity contribution >= 4 is 17.5 Å². The van der Waals surface area contributed by atoms with E-state index in [1.54, 1.807) is 36.8 Å². The number of benzene rings is 2. The quantitative estimate of drug-likeness (QED) is 0.734. The predicted octanol–water partition coefficient (Wildman–Crippen LogP) is 4.19. The molecule has 22 heavy (non-hydrogen) atoms. The van der Waals surface area contributed by atoms with Crippen LogP contribution < -0.4 is 0 Å². The third-order valence-corrected chi connectivity index (χ3v) is 3.30. The highest BCUT2D eigenvalue weighted by molar-refractivity contribution is 5.89. The van der Waals surface area contributed by atoms with Crippen molar-refractivity contribution in [3.63, 3.8) is 0 Å². The van der Waals surface area contributed by atoms with E-state index >= 15 is 0 Å². The van der Waals surface area contributed by atoms with Gasteiger partial charge in [-0.15, -0.1) is 0 Å². The van der Waals surface area contributed by atoms with Gasteiger partial charge < -0.3 is 9.67 Å². The first kappa shape index (κ1) is 13.7. The summed E-state index contributed by atoms with van der Waals surface area (Å²) in [7, 11) is 0. The number of aromatic nitrogens is 2. The van der Waals surface area contributed by atoms with Crippen LogP contribution >= 0.6 is 0 Å². The number of aromatic hydroxyl groups is 1. The van der Waals surface area contributed by atoms with Gasteiger partial charge in [-0.25, -0.2) is 9.83 Å². The summed E-state index contributed by atoms with van der Waals surface area (Å²) >= 11 is 0. The maximum absolute atomic E-state index is 10.2. The summed E-state index contributed by atoms with van der Waals surface area (Å²) in [5, 5.41) is 10.2. The summed E-state index contributed by atoms with van der Waals surface area (Å²) in [5.74, 6) is 0.211. The van der Waals surface area contributed by atoms with Crippen LogP contribution in [0.25, 0.3) is 16.6 Å². The molecule has 106 valence electrons. The molecule has 0 aliphatic heterocycles. The number of hydrogen-bond acceptors (Lipinski definition) is 2. The molecular formula is C18H13N3O. The Hall–Kier alpha value is -3.32. The van der Waals surface area contributed by atoms with Crippen LogP contribution in [0, 0.1) is 6.57 Å². The third-order valence-electron chi connectivity index (χ3n) is 3.30. The van der Waals surface area contributed by atoms with Crippen molar-refractivity contribution in [3.8, 4) is 5.75 Å². The smallest absolute Gasteiger partial charge is 0.187 e. The molecule has 4 nitrogen and oxygen atoms in total. The van der Waals surface area contributed by atoms with Gasteiger partial charge in [0.05, 0.1) is 12.9 Å². The topological polar surface area (TPSA) is 42.4 Å². The highest BCUT2D eigenvalue weighted by Crippen LogP contribution is 2.31. The van der Waals surface area contributed by atoms with Crippen LogP contribution in [0.1, 0.15) is 11.1 Å². The molecule has 0 aliphatic rings. The highest BCUT2D eigenvalue weighted by Gasteiger charge is 2.09. The van der Waals surface area contributed by atoms with Crippen molar-refractivity contribution in [2.75, 3.05) is 0 Å². The molecule has 1 aromatic heterocycles. The average molecular weight is 287 g/mol. The minimum atomic E-state index is 0.211. The van der Waals surface area contributed by atoms with Gasteiger partial charge in [-0.05, 0) is 11.6 Å². The van der Waals surface area contributed by atoms with Gasteiger partial charge in [-0.2, -0.15) is 0 Å². The molecule has 0 saturated carbocycles. The number of rotatable bonds is 3. The molecule has 3 aromatic rings. The van der Waals surface area contributed by atoms with Gasteiger partial charge in [0.15, 0.2) is 5.69 Å². The largest absolute Gasteiger partial charge is 0.507 e. The number of phenols is 1. The molecule has 0 radical (unpaired) electrons. The van der Waals surface area contributed by atoms with Gasteiger partial charge in [0, 0.05) is 29.7 Å². The number of para-hydroxylation sites is 1. The molecule has 0 amide bonds. The van der Waals surface area contributed by atoms with Gasteiger partial charge in [-0.3, -0.25) is 0 Å². The van der Waals surface area contributed by atoms with Crippen molar-refractivity contribution < 1.29 is 5.11 Å².